The van der Waals surface area contributed by atoms with E-state index in [0.717, 1.165) is 6.42 Å². The molecule has 0 amide bonds. The molecule has 3 nitrogen and oxygen atoms in total. The summed E-state index contributed by atoms with van der Waals surface area (Å²) in [5.74, 6) is 1.20. The molecule has 0 aromatic carbocycles. The Kier molecular flexibility index (Phi) is 3.99. The number of aromatic nitrogens is 2. The summed E-state index contributed by atoms with van der Waals surface area (Å²) in [6, 6.07) is 0. The smallest absolute Gasteiger partial charge is 0.234 e. The monoisotopic (exact) mass is 240 g/mol. The van der Waals surface area contributed by atoms with E-state index in [9.17, 15) is 0 Å². The molecule has 2 rings (SSSR count). The van der Waals surface area contributed by atoms with Crippen molar-refractivity contribution >= 4 is 11.6 Å². The molecule has 0 radical (unpaired) electrons. The average Bonchev–Trinajstić information content (AvgIpc) is 2.30. The van der Waals surface area contributed by atoms with E-state index in [1.165, 1.54) is 31.9 Å². The first-order chi connectivity index (χ1) is 7.79. The lowest BCUT2D eigenvalue weighted by atomic mass is 9.85. The van der Waals surface area contributed by atoms with Crippen LogP contribution in [0.5, 0.6) is 5.88 Å². The number of ether oxygens (including phenoxy) is 1. The van der Waals surface area contributed by atoms with Gasteiger partial charge in [-0.1, -0.05) is 24.9 Å². The summed E-state index contributed by atoms with van der Waals surface area (Å²) in [5.41, 5.74) is 0. The molecule has 1 heterocycles. The number of halogens is 1. The van der Waals surface area contributed by atoms with Crippen molar-refractivity contribution in [3.05, 3.63) is 17.5 Å². The minimum absolute atomic E-state index is 0.284. The van der Waals surface area contributed by atoms with E-state index in [-0.39, 0.29) is 6.10 Å². The summed E-state index contributed by atoms with van der Waals surface area (Å²) in [6.07, 6.45) is 9.54. The van der Waals surface area contributed by atoms with Crippen molar-refractivity contribution in [1.82, 2.24) is 9.97 Å². The van der Waals surface area contributed by atoms with Crippen molar-refractivity contribution in [2.45, 2.75) is 45.1 Å². The Morgan fingerprint density at radius 1 is 1.38 bits per heavy atom. The van der Waals surface area contributed by atoms with Crippen LogP contribution < -0.4 is 4.74 Å². The minimum atomic E-state index is 0.284. The van der Waals surface area contributed by atoms with Crippen LogP contribution in [0.3, 0.4) is 0 Å². The van der Waals surface area contributed by atoms with Crippen LogP contribution >= 0.6 is 11.6 Å². The third-order valence-electron chi connectivity index (χ3n) is 3.22. The van der Waals surface area contributed by atoms with Crippen LogP contribution in [0.15, 0.2) is 12.4 Å². The Bertz CT molecular complexity index is 346. The predicted molar refractivity (Wildman–Crippen MR) is 63.7 cm³/mol. The second kappa shape index (κ2) is 5.48. The van der Waals surface area contributed by atoms with Gasteiger partial charge in [-0.15, -0.1) is 0 Å². The molecule has 0 aliphatic heterocycles. The van der Waals surface area contributed by atoms with Crippen molar-refractivity contribution < 1.29 is 4.74 Å². The fourth-order valence-corrected chi connectivity index (χ4v) is 2.47. The van der Waals surface area contributed by atoms with Crippen molar-refractivity contribution in [2.75, 3.05) is 0 Å². The van der Waals surface area contributed by atoms with Crippen LogP contribution in [-0.2, 0) is 0 Å². The molecule has 4 heteroatoms. The van der Waals surface area contributed by atoms with E-state index >= 15 is 0 Å². The predicted octanol–water partition coefficient (Wildman–Crippen LogP) is 3.48. The molecular weight excluding hydrogens is 224 g/mol. The Morgan fingerprint density at radius 3 is 2.94 bits per heavy atom. The molecule has 0 spiro atoms. The molecule has 0 bridgehead atoms. The maximum atomic E-state index is 5.88. The fourth-order valence-electron chi connectivity index (χ4n) is 2.33. The number of hydrogen-bond donors (Lipinski definition) is 0. The molecule has 2 atom stereocenters. The quantitative estimate of drug-likeness (QED) is 0.812. The highest BCUT2D eigenvalue weighted by Gasteiger charge is 2.25. The number of nitrogens with zero attached hydrogens (tertiary/aromatic N) is 2. The van der Waals surface area contributed by atoms with Crippen molar-refractivity contribution in [3.8, 4) is 5.88 Å². The summed E-state index contributed by atoms with van der Waals surface area (Å²) in [4.78, 5) is 8.10. The molecule has 1 saturated carbocycles. The third kappa shape index (κ3) is 2.85. The SMILES string of the molecule is CCC1CCCCC1Oc1cncc(Cl)n1. The maximum absolute atomic E-state index is 5.88. The topological polar surface area (TPSA) is 35.0 Å². The second-order valence-electron chi connectivity index (χ2n) is 4.29. The summed E-state index contributed by atoms with van der Waals surface area (Å²) >= 11 is 5.78. The maximum Gasteiger partial charge on any atom is 0.234 e. The Balaban J connectivity index is 2.02. The van der Waals surface area contributed by atoms with Crippen LogP contribution in [0.1, 0.15) is 39.0 Å². The van der Waals surface area contributed by atoms with Gasteiger partial charge in [0.25, 0.3) is 0 Å². The average molecular weight is 241 g/mol. The number of hydrogen-bond acceptors (Lipinski definition) is 3. The van der Waals surface area contributed by atoms with E-state index in [1.54, 1.807) is 6.20 Å². The Morgan fingerprint density at radius 2 is 2.19 bits per heavy atom. The Labute approximate surface area is 101 Å². The van der Waals surface area contributed by atoms with Gasteiger partial charge in [-0.05, 0) is 31.6 Å². The summed E-state index contributed by atoms with van der Waals surface area (Å²) in [5, 5.41) is 0.390. The van der Waals surface area contributed by atoms with Gasteiger partial charge in [0.2, 0.25) is 5.88 Å². The molecule has 0 N–H and O–H groups in total. The van der Waals surface area contributed by atoms with Crippen LogP contribution in [-0.4, -0.2) is 16.1 Å². The molecule has 0 saturated heterocycles. The minimum Gasteiger partial charge on any atom is -0.473 e. The zero-order valence-electron chi connectivity index (χ0n) is 9.53. The standard InChI is InChI=1S/C12H17ClN2O/c1-2-9-5-3-4-6-10(9)16-12-8-14-7-11(13)15-12/h7-10H,2-6H2,1H3. The van der Waals surface area contributed by atoms with Gasteiger partial charge < -0.3 is 4.74 Å². The van der Waals surface area contributed by atoms with Gasteiger partial charge in [-0.3, -0.25) is 4.98 Å². The van der Waals surface area contributed by atoms with Gasteiger partial charge in [0.15, 0.2) is 5.15 Å². The molecule has 1 aromatic heterocycles. The zero-order chi connectivity index (χ0) is 11.4. The highest BCUT2D eigenvalue weighted by Crippen LogP contribution is 2.29. The fraction of sp³-hybridized carbons (Fsp3) is 0.667. The van der Waals surface area contributed by atoms with Gasteiger partial charge in [0.05, 0.1) is 12.4 Å². The first-order valence-corrected chi connectivity index (χ1v) is 6.31. The molecule has 1 aromatic rings. The lowest BCUT2D eigenvalue weighted by Gasteiger charge is -2.30. The van der Waals surface area contributed by atoms with E-state index in [2.05, 4.69) is 16.9 Å². The molecule has 16 heavy (non-hydrogen) atoms. The summed E-state index contributed by atoms with van der Waals surface area (Å²) in [7, 11) is 0. The van der Waals surface area contributed by atoms with Crippen LogP contribution in [0, 0.1) is 5.92 Å². The van der Waals surface area contributed by atoms with Crippen molar-refractivity contribution in [3.63, 3.8) is 0 Å². The molecule has 1 fully saturated rings. The van der Waals surface area contributed by atoms with E-state index in [0.29, 0.717) is 17.0 Å². The molecule has 2 unspecified atom stereocenters. The number of rotatable bonds is 3. The highest BCUT2D eigenvalue weighted by molar-refractivity contribution is 6.29. The van der Waals surface area contributed by atoms with Gasteiger partial charge in [-0.25, -0.2) is 0 Å². The summed E-state index contributed by atoms with van der Waals surface area (Å²) < 4.78 is 5.88. The van der Waals surface area contributed by atoms with Gasteiger partial charge >= 0.3 is 0 Å². The zero-order valence-corrected chi connectivity index (χ0v) is 10.3. The van der Waals surface area contributed by atoms with E-state index in [4.69, 9.17) is 16.3 Å². The molecule has 1 aliphatic rings. The van der Waals surface area contributed by atoms with Gasteiger partial charge in [0, 0.05) is 0 Å². The third-order valence-corrected chi connectivity index (χ3v) is 3.40. The molecule has 88 valence electrons. The molecular formula is C12H17ClN2O. The van der Waals surface area contributed by atoms with Gasteiger partial charge in [0.1, 0.15) is 6.10 Å². The first-order valence-electron chi connectivity index (χ1n) is 5.93. The first kappa shape index (κ1) is 11.6. The second-order valence-corrected chi connectivity index (χ2v) is 4.68. The van der Waals surface area contributed by atoms with Crippen LogP contribution in [0.2, 0.25) is 5.15 Å². The lowest BCUT2D eigenvalue weighted by Crippen LogP contribution is -2.30. The van der Waals surface area contributed by atoms with Crippen LogP contribution in [0.4, 0.5) is 0 Å². The van der Waals surface area contributed by atoms with E-state index in [1.807, 2.05) is 0 Å². The normalized spacial score (nSPS) is 25.4. The summed E-state index contributed by atoms with van der Waals surface area (Å²) in [6.45, 7) is 2.22. The van der Waals surface area contributed by atoms with Gasteiger partial charge in [-0.2, -0.15) is 4.98 Å². The van der Waals surface area contributed by atoms with E-state index < -0.39 is 0 Å². The lowest BCUT2D eigenvalue weighted by molar-refractivity contribution is 0.0854. The van der Waals surface area contributed by atoms with Crippen LogP contribution in [0.25, 0.3) is 0 Å². The largest absolute Gasteiger partial charge is 0.473 e. The highest BCUT2D eigenvalue weighted by atomic mass is 35.5. The Hall–Kier alpha value is -0.830. The van der Waals surface area contributed by atoms with Crippen molar-refractivity contribution in [1.29, 1.82) is 0 Å². The van der Waals surface area contributed by atoms with Crippen molar-refractivity contribution in [2.24, 2.45) is 5.92 Å². The molecule has 1 aliphatic carbocycles.